The molecule has 1 aliphatic heterocycles. The summed E-state index contributed by atoms with van der Waals surface area (Å²) in [5.41, 5.74) is -0.998. The molecule has 2 rings (SSSR count). The maximum Gasteiger partial charge on any atom is 0.418 e. The van der Waals surface area contributed by atoms with Gasteiger partial charge in [-0.15, -0.1) is 0 Å². The highest BCUT2D eigenvalue weighted by Gasteiger charge is 2.33. The van der Waals surface area contributed by atoms with Gasteiger partial charge < -0.3 is 5.32 Å². The van der Waals surface area contributed by atoms with Gasteiger partial charge in [-0.1, -0.05) is 26.0 Å². The number of hydrogen-bond acceptors (Lipinski definition) is 2. The van der Waals surface area contributed by atoms with Gasteiger partial charge in [0.05, 0.1) is 17.8 Å². The number of carbonyl (C=O) groups is 1. The van der Waals surface area contributed by atoms with Crippen molar-refractivity contribution in [2.45, 2.75) is 26.4 Å². The van der Waals surface area contributed by atoms with Crippen LogP contribution in [-0.2, 0) is 11.0 Å². The Hall–Kier alpha value is -1.56. The molecule has 0 radical (unpaired) electrons. The minimum Gasteiger partial charge on any atom is -0.324 e. The summed E-state index contributed by atoms with van der Waals surface area (Å²) in [5.74, 6) is 0.594. The molecule has 0 spiro atoms. The summed E-state index contributed by atoms with van der Waals surface area (Å²) >= 11 is 0. The van der Waals surface area contributed by atoms with Crippen LogP contribution >= 0.6 is 0 Å². The summed E-state index contributed by atoms with van der Waals surface area (Å²) in [5, 5.41) is 2.39. The number of alkyl halides is 3. The monoisotopic (exact) mass is 314 g/mol. The van der Waals surface area contributed by atoms with Crippen LogP contribution in [0.5, 0.6) is 0 Å². The van der Waals surface area contributed by atoms with Gasteiger partial charge in [0.2, 0.25) is 5.91 Å². The summed E-state index contributed by atoms with van der Waals surface area (Å²) in [6.45, 7) is 5.98. The number of hydrogen-bond donors (Lipinski definition) is 1. The summed E-state index contributed by atoms with van der Waals surface area (Å²) in [6.07, 6.45) is -3.35. The Bertz CT molecular complexity index is 520. The van der Waals surface area contributed by atoms with Crippen LogP contribution in [0.4, 0.5) is 18.9 Å². The van der Waals surface area contributed by atoms with Crippen LogP contribution in [-0.4, -0.2) is 30.4 Å². The lowest BCUT2D eigenvalue weighted by atomic mass is 9.92. The number of likely N-dealkylation sites (tertiary alicyclic amines) is 1. The molecule has 2 atom stereocenters. The quantitative estimate of drug-likeness (QED) is 0.924. The zero-order valence-electron chi connectivity index (χ0n) is 12.8. The molecule has 1 saturated heterocycles. The molecule has 1 aromatic rings. The number of carbonyl (C=O) groups excluding carboxylic acids is 1. The first-order valence-corrected chi connectivity index (χ1v) is 7.44. The van der Waals surface area contributed by atoms with Gasteiger partial charge in [-0.05, 0) is 30.4 Å². The molecular weight excluding hydrogens is 293 g/mol. The van der Waals surface area contributed by atoms with Crippen molar-refractivity contribution in [1.82, 2.24) is 4.90 Å². The highest BCUT2D eigenvalue weighted by atomic mass is 19.4. The minimum absolute atomic E-state index is 0.126. The van der Waals surface area contributed by atoms with E-state index in [-0.39, 0.29) is 12.2 Å². The topological polar surface area (TPSA) is 32.3 Å². The minimum atomic E-state index is -4.47. The van der Waals surface area contributed by atoms with E-state index in [0.717, 1.165) is 25.6 Å². The SMILES string of the molecule is CC1CC(C)CN(CC(=O)Nc2ccccc2C(F)(F)F)C1. The molecule has 122 valence electrons. The highest BCUT2D eigenvalue weighted by molar-refractivity contribution is 5.93. The fourth-order valence-corrected chi connectivity index (χ4v) is 3.15. The first-order valence-electron chi connectivity index (χ1n) is 7.44. The number of nitrogens with one attached hydrogen (secondary N) is 1. The van der Waals surface area contributed by atoms with Crippen LogP contribution in [0.3, 0.4) is 0 Å². The third-order valence-electron chi connectivity index (χ3n) is 3.82. The lowest BCUT2D eigenvalue weighted by Gasteiger charge is -2.34. The second-order valence-corrected chi connectivity index (χ2v) is 6.23. The van der Waals surface area contributed by atoms with E-state index in [1.807, 2.05) is 4.90 Å². The number of para-hydroxylation sites is 1. The molecule has 1 aromatic carbocycles. The molecule has 2 unspecified atom stereocenters. The number of anilines is 1. The van der Waals surface area contributed by atoms with Gasteiger partial charge in [0.15, 0.2) is 0 Å². The van der Waals surface area contributed by atoms with Gasteiger partial charge in [0.1, 0.15) is 0 Å². The summed E-state index contributed by atoms with van der Waals surface area (Å²) in [6, 6.07) is 5.05. The second-order valence-electron chi connectivity index (χ2n) is 6.23. The van der Waals surface area contributed by atoms with Crippen molar-refractivity contribution in [3.8, 4) is 0 Å². The van der Waals surface area contributed by atoms with Crippen molar-refractivity contribution in [3.05, 3.63) is 29.8 Å². The Morgan fingerprint density at radius 1 is 1.23 bits per heavy atom. The fraction of sp³-hybridized carbons (Fsp3) is 0.562. The third-order valence-corrected chi connectivity index (χ3v) is 3.82. The molecule has 3 nitrogen and oxygen atoms in total. The normalized spacial score (nSPS) is 23.3. The molecule has 1 amide bonds. The van der Waals surface area contributed by atoms with E-state index in [1.54, 1.807) is 0 Å². The van der Waals surface area contributed by atoms with Crippen LogP contribution in [0.25, 0.3) is 0 Å². The van der Waals surface area contributed by atoms with Crippen molar-refractivity contribution in [2.75, 3.05) is 25.0 Å². The Morgan fingerprint density at radius 3 is 2.41 bits per heavy atom. The van der Waals surface area contributed by atoms with Gasteiger partial charge in [-0.3, -0.25) is 9.69 Å². The zero-order valence-corrected chi connectivity index (χ0v) is 12.8. The summed E-state index contributed by atoms with van der Waals surface area (Å²) in [7, 11) is 0. The molecule has 1 heterocycles. The number of nitrogens with zero attached hydrogens (tertiary/aromatic N) is 1. The average Bonchev–Trinajstić information content (AvgIpc) is 2.36. The molecular formula is C16H21F3N2O. The third kappa shape index (κ3) is 4.47. The van der Waals surface area contributed by atoms with E-state index < -0.39 is 17.6 Å². The fourth-order valence-electron chi connectivity index (χ4n) is 3.15. The number of amides is 1. The van der Waals surface area contributed by atoms with Gasteiger partial charge >= 0.3 is 6.18 Å². The standard InChI is InChI=1S/C16H21F3N2O/c1-11-7-12(2)9-21(8-11)10-15(22)20-14-6-4-3-5-13(14)16(17,18)19/h3-6,11-12H,7-10H2,1-2H3,(H,20,22). The van der Waals surface area contributed by atoms with Gasteiger partial charge in [-0.25, -0.2) is 0 Å². The van der Waals surface area contributed by atoms with E-state index in [4.69, 9.17) is 0 Å². The predicted molar refractivity (Wildman–Crippen MR) is 79.5 cm³/mol. The maximum atomic E-state index is 12.9. The molecule has 22 heavy (non-hydrogen) atoms. The van der Waals surface area contributed by atoms with E-state index >= 15 is 0 Å². The molecule has 1 aliphatic rings. The van der Waals surface area contributed by atoms with Gasteiger partial charge in [-0.2, -0.15) is 13.2 Å². The second kappa shape index (κ2) is 6.69. The van der Waals surface area contributed by atoms with Crippen molar-refractivity contribution in [2.24, 2.45) is 11.8 Å². The number of rotatable bonds is 3. The Labute approximate surface area is 128 Å². The average molecular weight is 314 g/mol. The van der Waals surface area contributed by atoms with Crippen LogP contribution in [0.2, 0.25) is 0 Å². The number of benzene rings is 1. The van der Waals surface area contributed by atoms with Crippen molar-refractivity contribution >= 4 is 11.6 Å². The van der Waals surface area contributed by atoms with Crippen molar-refractivity contribution in [1.29, 1.82) is 0 Å². The number of halogens is 3. The first kappa shape index (κ1) is 16.8. The van der Waals surface area contributed by atoms with Crippen LogP contribution in [0, 0.1) is 11.8 Å². The Morgan fingerprint density at radius 2 is 1.82 bits per heavy atom. The number of piperidine rings is 1. The lowest BCUT2D eigenvalue weighted by Crippen LogP contribution is -2.43. The lowest BCUT2D eigenvalue weighted by molar-refractivity contribution is -0.137. The van der Waals surface area contributed by atoms with Crippen molar-refractivity contribution in [3.63, 3.8) is 0 Å². The van der Waals surface area contributed by atoms with E-state index in [1.165, 1.54) is 18.2 Å². The van der Waals surface area contributed by atoms with E-state index in [2.05, 4.69) is 19.2 Å². The Kier molecular flexibility index (Phi) is 5.11. The Balaban J connectivity index is 2.01. The van der Waals surface area contributed by atoms with Crippen LogP contribution in [0.1, 0.15) is 25.8 Å². The molecule has 0 aliphatic carbocycles. The van der Waals surface area contributed by atoms with Crippen molar-refractivity contribution < 1.29 is 18.0 Å². The summed E-state index contributed by atoms with van der Waals surface area (Å²) < 4.78 is 38.7. The molecule has 6 heteroatoms. The molecule has 1 N–H and O–H groups in total. The van der Waals surface area contributed by atoms with Gasteiger partial charge in [0.25, 0.3) is 0 Å². The van der Waals surface area contributed by atoms with Crippen LogP contribution < -0.4 is 5.32 Å². The molecule has 1 fully saturated rings. The first-order chi connectivity index (χ1) is 10.3. The largest absolute Gasteiger partial charge is 0.418 e. The summed E-state index contributed by atoms with van der Waals surface area (Å²) in [4.78, 5) is 14.1. The molecule has 0 aromatic heterocycles. The van der Waals surface area contributed by atoms with E-state index in [0.29, 0.717) is 11.8 Å². The zero-order chi connectivity index (χ0) is 16.3. The maximum absolute atomic E-state index is 12.9. The molecule has 0 bridgehead atoms. The van der Waals surface area contributed by atoms with E-state index in [9.17, 15) is 18.0 Å². The van der Waals surface area contributed by atoms with Gasteiger partial charge in [0, 0.05) is 13.1 Å². The van der Waals surface area contributed by atoms with Crippen LogP contribution in [0.15, 0.2) is 24.3 Å². The molecule has 0 saturated carbocycles. The smallest absolute Gasteiger partial charge is 0.324 e. The highest BCUT2D eigenvalue weighted by Crippen LogP contribution is 2.34. The predicted octanol–water partition coefficient (Wildman–Crippen LogP) is 3.62.